The Hall–Kier alpha value is -3.74. The zero-order valence-electron chi connectivity index (χ0n) is 16.3. The molecule has 0 aliphatic carbocycles. The van der Waals surface area contributed by atoms with Crippen molar-refractivity contribution in [1.82, 2.24) is 15.2 Å². The summed E-state index contributed by atoms with van der Waals surface area (Å²) in [7, 11) is 1.62. The molecule has 150 valence electrons. The molecule has 1 saturated heterocycles. The SMILES string of the molecule is COc1ccc2cc(-c3ccc4c(c3)CN(C3CCC(=O)NC3=O)C4=O)cnc2c1. The Kier molecular flexibility index (Phi) is 4.24. The number of nitrogens with one attached hydrogen (secondary N) is 1. The number of nitrogens with zero attached hydrogens (tertiary/aromatic N) is 2. The molecule has 3 amide bonds. The highest BCUT2D eigenvalue weighted by Gasteiger charge is 2.39. The molecule has 2 aromatic carbocycles. The van der Waals surface area contributed by atoms with Crippen LogP contribution in [0.2, 0.25) is 0 Å². The molecule has 0 spiro atoms. The highest BCUT2D eigenvalue weighted by Crippen LogP contribution is 2.32. The molecule has 7 nitrogen and oxygen atoms in total. The van der Waals surface area contributed by atoms with Crippen LogP contribution in [0, 0.1) is 0 Å². The lowest BCUT2D eigenvalue weighted by molar-refractivity contribution is -0.136. The number of piperidine rings is 1. The average molecular weight is 401 g/mol. The van der Waals surface area contributed by atoms with Gasteiger partial charge in [0.25, 0.3) is 5.91 Å². The van der Waals surface area contributed by atoms with E-state index in [0.29, 0.717) is 18.5 Å². The Morgan fingerprint density at radius 3 is 2.73 bits per heavy atom. The van der Waals surface area contributed by atoms with Gasteiger partial charge in [-0.1, -0.05) is 6.07 Å². The van der Waals surface area contributed by atoms with Gasteiger partial charge in [0.1, 0.15) is 11.8 Å². The molecule has 1 aromatic heterocycles. The molecule has 5 rings (SSSR count). The van der Waals surface area contributed by atoms with Crippen molar-refractivity contribution in [3.05, 3.63) is 59.8 Å². The van der Waals surface area contributed by atoms with Crippen LogP contribution in [0.3, 0.4) is 0 Å². The summed E-state index contributed by atoms with van der Waals surface area (Å²) in [6, 6.07) is 12.9. The Morgan fingerprint density at radius 2 is 1.93 bits per heavy atom. The number of ether oxygens (including phenoxy) is 1. The summed E-state index contributed by atoms with van der Waals surface area (Å²) >= 11 is 0. The van der Waals surface area contributed by atoms with E-state index in [-0.39, 0.29) is 18.2 Å². The maximum Gasteiger partial charge on any atom is 0.255 e. The van der Waals surface area contributed by atoms with Crippen molar-refractivity contribution >= 4 is 28.6 Å². The molecule has 3 aromatic rings. The van der Waals surface area contributed by atoms with E-state index in [1.54, 1.807) is 24.3 Å². The van der Waals surface area contributed by atoms with Crippen LogP contribution >= 0.6 is 0 Å². The van der Waals surface area contributed by atoms with Crippen LogP contribution in [0.5, 0.6) is 5.75 Å². The number of methoxy groups -OCH3 is 1. The van der Waals surface area contributed by atoms with Crippen molar-refractivity contribution in [3.8, 4) is 16.9 Å². The number of rotatable bonds is 3. The third-order valence-electron chi connectivity index (χ3n) is 5.75. The highest BCUT2D eigenvalue weighted by atomic mass is 16.5. The summed E-state index contributed by atoms with van der Waals surface area (Å²) in [6.07, 6.45) is 2.41. The summed E-state index contributed by atoms with van der Waals surface area (Å²) in [5, 5.41) is 3.32. The van der Waals surface area contributed by atoms with Gasteiger partial charge in [-0.2, -0.15) is 0 Å². The topological polar surface area (TPSA) is 88.6 Å². The van der Waals surface area contributed by atoms with Crippen LogP contribution in [0.25, 0.3) is 22.0 Å². The minimum Gasteiger partial charge on any atom is -0.497 e. The van der Waals surface area contributed by atoms with Gasteiger partial charge in [0, 0.05) is 41.7 Å². The van der Waals surface area contributed by atoms with E-state index in [0.717, 1.165) is 33.3 Å². The van der Waals surface area contributed by atoms with Crippen LogP contribution in [-0.4, -0.2) is 40.8 Å². The van der Waals surface area contributed by atoms with E-state index >= 15 is 0 Å². The number of hydrogen-bond acceptors (Lipinski definition) is 5. The van der Waals surface area contributed by atoms with Crippen molar-refractivity contribution in [3.63, 3.8) is 0 Å². The fourth-order valence-electron chi connectivity index (χ4n) is 4.14. The predicted octanol–water partition coefficient (Wildman–Crippen LogP) is 2.67. The van der Waals surface area contributed by atoms with Gasteiger partial charge in [-0.3, -0.25) is 24.7 Å². The molecule has 3 heterocycles. The molecule has 1 unspecified atom stereocenters. The summed E-state index contributed by atoms with van der Waals surface area (Å²) in [6.45, 7) is 0.354. The van der Waals surface area contributed by atoms with E-state index in [9.17, 15) is 14.4 Å². The second kappa shape index (κ2) is 6.95. The number of aromatic nitrogens is 1. The molecule has 7 heteroatoms. The van der Waals surface area contributed by atoms with Crippen molar-refractivity contribution in [2.24, 2.45) is 0 Å². The van der Waals surface area contributed by atoms with Gasteiger partial charge < -0.3 is 9.64 Å². The van der Waals surface area contributed by atoms with Crippen molar-refractivity contribution in [2.45, 2.75) is 25.4 Å². The van der Waals surface area contributed by atoms with Gasteiger partial charge in [-0.25, -0.2) is 0 Å². The Bertz CT molecular complexity index is 1220. The van der Waals surface area contributed by atoms with Gasteiger partial charge in [0.15, 0.2) is 0 Å². The molecule has 1 atom stereocenters. The first kappa shape index (κ1) is 18.3. The smallest absolute Gasteiger partial charge is 0.255 e. The van der Waals surface area contributed by atoms with E-state index in [2.05, 4.69) is 16.4 Å². The Balaban J connectivity index is 1.45. The van der Waals surface area contributed by atoms with Crippen molar-refractivity contribution in [2.75, 3.05) is 7.11 Å². The molecule has 1 N–H and O–H groups in total. The molecule has 2 aliphatic rings. The Morgan fingerprint density at radius 1 is 1.07 bits per heavy atom. The summed E-state index contributed by atoms with van der Waals surface area (Å²) in [5.41, 5.74) is 4.22. The predicted molar refractivity (Wildman–Crippen MR) is 110 cm³/mol. The van der Waals surface area contributed by atoms with Crippen LogP contribution in [0.4, 0.5) is 0 Å². The third-order valence-corrected chi connectivity index (χ3v) is 5.75. The number of pyridine rings is 1. The van der Waals surface area contributed by atoms with Gasteiger partial charge in [-0.05, 0) is 47.9 Å². The zero-order valence-corrected chi connectivity index (χ0v) is 16.3. The third kappa shape index (κ3) is 2.99. The van der Waals surface area contributed by atoms with E-state index in [1.165, 1.54) is 0 Å². The molecule has 1 fully saturated rings. The first-order valence-corrected chi connectivity index (χ1v) is 9.75. The molecular weight excluding hydrogens is 382 g/mol. The molecule has 0 saturated carbocycles. The zero-order chi connectivity index (χ0) is 20.8. The van der Waals surface area contributed by atoms with Crippen LogP contribution < -0.4 is 10.1 Å². The lowest BCUT2D eigenvalue weighted by Gasteiger charge is -2.29. The number of carbonyl (C=O) groups excluding carboxylic acids is 3. The van der Waals surface area contributed by atoms with Crippen LogP contribution in [0.15, 0.2) is 48.7 Å². The number of carbonyl (C=O) groups is 3. The van der Waals surface area contributed by atoms with E-state index in [1.807, 2.05) is 30.3 Å². The number of benzene rings is 2. The van der Waals surface area contributed by atoms with Gasteiger partial charge in [0.2, 0.25) is 11.8 Å². The molecule has 0 radical (unpaired) electrons. The minimum absolute atomic E-state index is 0.171. The summed E-state index contributed by atoms with van der Waals surface area (Å²) < 4.78 is 5.25. The maximum atomic E-state index is 12.8. The molecular formula is C23H19N3O4. The quantitative estimate of drug-likeness (QED) is 0.682. The molecule has 2 aliphatic heterocycles. The van der Waals surface area contributed by atoms with E-state index in [4.69, 9.17) is 4.74 Å². The van der Waals surface area contributed by atoms with Crippen LogP contribution in [0.1, 0.15) is 28.8 Å². The Labute approximate surface area is 172 Å². The standard InChI is InChI=1S/C23H19N3O4/c1-30-17-4-2-14-9-15(11-24-19(14)10-17)13-3-5-18-16(8-13)12-26(23(18)29)20-6-7-21(27)25-22(20)28/h2-5,8-11,20H,6-7,12H2,1H3,(H,25,27,28). The fraction of sp³-hybridized carbons (Fsp3) is 0.217. The summed E-state index contributed by atoms with van der Waals surface area (Å²) in [4.78, 5) is 42.6. The molecule has 30 heavy (non-hydrogen) atoms. The van der Waals surface area contributed by atoms with E-state index < -0.39 is 11.9 Å². The first-order chi connectivity index (χ1) is 14.5. The lowest BCUT2D eigenvalue weighted by Crippen LogP contribution is -2.52. The van der Waals surface area contributed by atoms with Crippen molar-refractivity contribution in [1.29, 1.82) is 0 Å². The fourth-order valence-corrected chi connectivity index (χ4v) is 4.14. The van der Waals surface area contributed by atoms with Gasteiger partial charge in [-0.15, -0.1) is 0 Å². The normalized spacial score (nSPS) is 18.5. The molecule has 0 bridgehead atoms. The number of hydrogen-bond donors (Lipinski definition) is 1. The first-order valence-electron chi connectivity index (χ1n) is 9.75. The second-order valence-corrected chi connectivity index (χ2v) is 7.55. The minimum atomic E-state index is -0.608. The lowest BCUT2D eigenvalue weighted by atomic mass is 10.0. The second-order valence-electron chi connectivity index (χ2n) is 7.55. The average Bonchev–Trinajstić information content (AvgIpc) is 3.08. The largest absolute Gasteiger partial charge is 0.497 e. The highest BCUT2D eigenvalue weighted by molar-refractivity contribution is 6.05. The monoisotopic (exact) mass is 401 g/mol. The number of imide groups is 1. The van der Waals surface area contributed by atoms with Gasteiger partial charge in [0.05, 0.1) is 12.6 Å². The van der Waals surface area contributed by atoms with Gasteiger partial charge >= 0.3 is 0 Å². The van der Waals surface area contributed by atoms with Crippen LogP contribution in [-0.2, 0) is 16.1 Å². The number of amides is 3. The summed E-state index contributed by atoms with van der Waals surface area (Å²) in [5.74, 6) is -0.104. The number of fused-ring (bicyclic) bond motifs is 2. The van der Waals surface area contributed by atoms with Crippen molar-refractivity contribution < 1.29 is 19.1 Å². The maximum absolute atomic E-state index is 12.8.